The first-order chi connectivity index (χ1) is 8.18. The van der Waals surface area contributed by atoms with Crippen molar-refractivity contribution in [1.82, 2.24) is 4.90 Å². The van der Waals surface area contributed by atoms with Gasteiger partial charge in [0.2, 0.25) is 0 Å². The SMILES string of the molecule is CC1=NCCN1C(=O)/C=C/c1ccccc1O. The summed E-state index contributed by atoms with van der Waals surface area (Å²) < 4.78 is 0. The number of hydrogen-bond acceptors (Lipinski definition) is 3. The number of aromatic hydroxyl groups is 1. The molecule has 88 valence electrons. The molecule has 1 N–H and O–H groups in total. The van der Waals surface area contributed by atoms with Crippen LogP contribution < -0.4 is 0 Å². The Hall–Kier alpha value is -2.10. The maximum atomic E-state index is 11.8. The van der Waals surface area contributed by atoms with Crippen molar-refractivity contribution in [3.8, 4) is 5.75 Å². The van der Waals surface area contributed by atoms with Gasteiger partial charge in [-0.2, -0.15) is 0 Å². The standard InChI is InChI=1S/C13H14N2O2/c1-10-14-8-9-15(10)13(17)7-6-11-4-2-3-5-12(11)16/h2-7,16H,8-9H2,1H3/b7-6+. The van der Waals surface area contributed by atoms with E-state index in [0.717, 1.165) is 5.84 Å². The Kier molecular flexibility index (Phi) is 3.23. The van der Waals surface area contributed by atoms with Gasteiger partial charge in [0.25, 0.3) is 5.91 Å². The van der Waals surface area contributed by atoms with E-state index < -0.39 is 0 Å². The monoisotopic (exact) mass is 230 g/mol. The lowest BCUT2D eigenvalue weighted by molar-refractivity contribution is -0.122. The van der Waals surface area contributed by atoms with Crippen LogP contribution in [0.1, 0.15) is 12.5 Å². The van der Waals surface area contributed by atoms with Crippen LogP contribution in [0.4, 0.5) is 0 Å². The molecular formula is C13H14N2O2. The molecule has 4 heteroatoms. The van der Waals surface area contributed by atoms with Gasteiger partial charge in [-0.25, -0.2) is 0 Å². The Morgan fingerprint density at radius 2 is 2.24 bits per heavy atom. The zero-order chi connectivity index (χ0) is 12.3. The molecule has 1 amide bonds. The maximum absolute atomic E-state index is 11.8. The molecule has 1 aliphatic rings. The van der Waals surface area contributed by atoms with Gasteiger partial charge in [-0.05, 0) is 19.1 Å². The fourth-order valence-corrected chi connectivity index (χ4v) is 1.71. The normalized spacial score (nSPS) is 15.4. The molecule has 1 aromatic carbocycles. The Balaban J connectivity index is 2.09. The van der Waals surface area contributed by atoms with E-state index in [4.69, 9.17) is 0 Å². The molecule has 0 fully saturated rings. The Bertz CT molecular complexity index is 492. The predicted octanol–water partition coefficient (Wildman–Crippen LogP) is 1.67. The second kappa shape index (κ2) is 4.82. The lowest BCUT2D eigenvalue weighted by Gasteiger charge is -2.12. The summed E-state index contributed by atoms with van der Waals surface area (Å²) in [7, 11) is 0. The van der Waals surface area contributed by atoms with E-state index in [2.05, 4.69) is 4.99 Å². The largest absolute Gasteiger partial charge is 0.507 e. The van der Waals surface area contributed by atoms with Crippen LogP contribution in [0.15, 0.2) is 35.3 Å². The summed E-state index contributed by atoms with van der Waals surface area (Å²) in [5, 5.41) is 9.54. The molecule has 2 rings (SSSR count). The van der Waals surface area contributed by atoms with Crippen LogP contribution >= 0.6 is 0 Å². The second-order valence-corrected chi connectivity index (χ2v) is 3.81. The van der Waals surface area contributed by atoms with Gasteiger partial charge in [-0.15, -0.1) is 0 Å². The number of benzene rings is 1. The van der Waals surface area contributed by atoms with Crippen LogP contribution in [0.5, 0.6) is 5.75 Å². The van der Waals surface area contributed by atoms with E-state index >= 15 is 0 Å². The quantitative estimate of drug-likeness (QED) is 0.786. The smallest absolute Gasteiger partial charge is 0.251 e. The predicted molar refractivity (Wildman–Crippen MR) is 66.8 cm³/mol. The molecule has 17 heavy (non-hydrogen) atoms. The van der Waals surface area contributed by atoms with Crippen LogP contribution in [0.25, 0.3) is 6.08 Å². The van der Waals surface area contributed by atoms with Crippen molar-refractivity contribution in [2.75, 3.05) is 13.1 Å². The first-order valence-corrected chi connectivity index (χ1v) is 5.47. The van der Waals surface area contributed by atoms with E-state index in [0.29, 0.717) is 18.7 Å². The van der Waals surface area contributed by atoms with Crippen LogP contribution in [0, 0.1) is 0 Å². The fraction of sp³-hybridized carbons (Fsp3) is 0.231. The van der Waals surface area contributed by atoms with Crippen molar-refractivity contribution < 1.29 is 9.90 Å². The van der Waals surface area contributed by atoms with Crippen LogP contribution in [0.2, 0.25) is 0 Å². The third-order valence-corrected chi connectivity index (χ3v) is 2.66. The average molecular weight is 230 g/mol. The highest BCUT2D eigenvalue weighted by Gasteiger charge is 2.17. The first-order valence-electron chi connectivity index (χ1n) is 5.47. The number of amides is 1. The maximum Gasteiger partial charge on any atom is 0.251 e. The molecule has 0 unspecified atom stereocenters. The molecule has 0 spiro atoms. The van der Waals surface area contributed by atoms with Gasteiger partial charge in [-0.3, -0.25) is 14.7 Å². The summed E-state index contributed by atoms with van der Waals surface area (Å²) in [4.78, 5) is 17.6. The van der Waals surface area contributed by atoms with Crippen molar-refractivity contribution >= 4 is 17.8 Å². The molecule has 0 aromatic heterocycles. The van der Waals surface area contributed by atoms with Crippen molar-refractivity contribution in [1.29, 1.82) is 0 Å². The van der Waals surface area contributed by atoms with Gasteiger partial charge in [-0.1, -0.05) is 18.2 Å². The highest BCUT2D eigenvalue weighted by molar-refractivity contribution is 6.04. The van der Waals surface area contributed by atoms with Crippen LogP contribution in [-0.4, -0.2) is 34.8 Å². The van der Waals surface area contributed by atoms with E-state index in [-0.39, 0.29) is 11.7 Å². The van der Waals surface area contributed by atoms with Gasteiger partial charge in [0.1, 0.15) is 11.6 Å². The van der Waals surface area contributed by atoms with Crippen molar-refractivity contribution in [2.45, 2.75) is 6.92 Å². The highest BCUT2D eigenvalue weighted by atomic mass is 16.3. The van der Waals surface area contributed by atoms with E-state index in [9.17, 15) is 9.90 Å². The van der Waals surface area contributed by atoms with Gasteiger partial charge in [0.05, 0.1) is 6.54 Å². The van der Waals surface area contributed by atoms with Gasteiger partial charge in [0, 0.05) is 18.2 Å². The Morgan fingerprint density at radius 3 is 2.88 bits per heavy atom. The van der Waals surface area contributed by atoms with E-state index in [1.54, 1.807) is 29.2 Å². The summed E-state index contributed by atoms with van der Waals surface area (Å²) in [6.45, 7) is 3.12. The van der Waals surface area contributed by atoms with Crippen LogP contribution in [0.3, 0.4) is 0 Å². The minimum atomic E-state index is -0.105. The van der Waals surface area contributed by atoms with Crippen LogP contribution in [-0.2, 0) is 4.79 Å². The van der Waals surface area contributed by atoms with E-state index in [1.807, 2.05) is 13.0 Å². The minimum Gasteiger partial charge on any atom is -0.507 e. The molecule has 0 bridgehead atoms. The van der Waals surface area contributed by atoms with Gasteiger partial charge >= 0.3 is 0 Å². The molecule has 1 heterocycles. The highest BCUT2D eigenvalue weighted by Crippen LogP contribution is 2.17. The zero-order valence-electron chi connectivity index (χ0n) is 9.63. The average Bonchev–Trinajstić information content (AvgIpc) is 2.74. The number of hydrogen-bond donors (Lipinski definition) is 1. The van der Waals surface area contributed by atoms with Crippen molar-refractivity contribution in [3.05, 3.63) is 35.9 Å². The number of phenolic OH excluding ortho intramolecular Hbond substituents is 1. The summed E-state index contributed by atoms with van der Waals surface area (Å²) in [5.74, 6) is 0.812. The third kappa shape index (κ3) is 2.53. The van der Waals surface area contributed by atoms with Crippen molar-refractivity contribution in [3.63, 3.8) is 0 Å². The number of amidine groups is 1. The number of aliphatic imine (C=N–C) groups is 1. The number of nitrogens with zero attached hydrogens (tertiary/aromatic N) is 2. The number of carbonyl (C=O) groups is 1. The molecular weight excluding hydrogens is 216 g/mol. The van der Waals surface area contributed by atoms with Crippen molar-refractivity contribution in [2.24, 2.45) is 4.99 Å². The van der Waals surface area contributed by atoms with Gasteiger partial charge in [0.15, 0.2) is 0 Å². The molecule has 0 saturated heterocycles. The summed E-state index contributed by atoms with van der Waals surface area (Å²) in [6, 6.07) is 6.90. The second-order valence-electron chi connectivity index (χ2n) is 3.81. The minimum absolute atomic E-state index is 0.105. The van der Waals surface area contributed by atoms with Gasteiger partial charge < -0.3 is 5.11 Å². The van der Waals surface area contributed by atoms with E-state index in [1.165, 1.54) is 6.08 Å². The number of carbonyl (C=O) groups excluding carboxylic acids is 1. The Morgan fingerprint density at radius 1 is 1.47 bits per heavy atom. The number of phenols is 1. The third-order valence-electron chi connectivity index (χ3n) is 2.66. The molecule has 4 nitrogen and oxygen atoms in total. The zero-order valence-corrected chi connectivity index (χ0v) is 9.63. The first kappa shape index (κ1) is 11.4. The molecule has 1 aromatic rings. The number of rotatable bonds is 2. The fourth-order valence-electron chi connectivity index (χ4n) is 1.71. The molecule has 0 atom stereocenters. The summed E-state index contributed by atoms with van der Waals surface area (Å²) in [5.41, 5.74) is 0.634. The molecule has 0 radical (unpaired) electrons. The topological polar surface area (TPSA) is 52.9 Å². The lowest BCUT2D eigenvalue weighted by atomic mass is 10.2. The lowest BCUT2D eigenvalue weighted by Crippen LogP contribution is -2.31. The summed E-state index contributed by atoms with van der Waals surface area (Å²) >= 11 is 0. The molecule has 0 aliphatic carbocycles. The Labute approximate surface area is 99.9 Å². The molecule has 0 saturated carbocycles. The summed E-state index contributed by atoms with van der Waals surface area (Å²) in [6.07, 6.45) is 3.07. The molecule has 1 aliphatic heterocycles. The number of para-hydroxylation sites is 1.